The first-order valence-electron chi connectivity index (χ1n) is 8.04. The van der Waals surface area contributed by atoms with E-state index in [1.807, 2.05) is 24.4 Å². The third kappa shape index (κ3) is 3.03. The normalized spacial score (nSPS) is 14.8. The van der Waals surface area contributed by atoms with Crippen molar-refractivity contribution in [2.24, 2.45) is 0 Å². The van der Waals surface area contributed by atoms with Crippen LogP contribution in [0.1, 0.15) is 0 Å². The fourth-order valence-electron chi connectivity index (χ4n) is 2.99. The van der Waals surface area contributed by atoms with Crippen molar-refractivity contribution in [1.29, 1.82) is 0 Å². The zero-order chi connectivity index (χ0) is 16.4. The first kappa shape index (κ1) is 14.9. The lowest BCUT2D eigenvalue weighted by Crippen LogP contribution is -2.36. The molecule has 1 fully saturated rings. The molecule has 0 unspecified atom stereocenters. The molecular weight excluding hydrogens is 305 g/mol. The van der Waals surface area contributed by atoms with Crippen LogP contribution in [0.25, 0.3) is 10.8 Å². The van der Waals surface area contributed by atoms with Crippen molar-refractivity contribution < 1.29 is 9.13 Å². The number of pyridine rings is 1. The van der Waals surface area contributed by atoms with Crippen LogP contribution in [0, 0.1) is 5.82 Å². The van der Waals surface area contributed by atoms with E-state index >= 15 is 0 Å². The average Bonchev–Trinajstić information content (AvgIpc) is 2.62. The molecule has 1 aliphatic heterocycles. The van der Waals surface area contributed by atoms with Gasteiger partial charge in [-0.1, -0.05) is 12.1 Å². The number of nitrogens with one attached hydrogen (secondary N) is 1. The van der Waals surface area contributed by atoms with Crippen LogP contribution < -0.4 is 10.2 Å². The molecule has 0 saturated carbocycles. The summed E-state index contributed by atoms with van der Waals surface area (Å²) in [5.74, 6) is 0.718. The van der Waals surface area contributed by atoms with Crippen LogP contribution in [-0.4, -0.2) is 31.3 Å². The Bertz CT molecular complexity index is 862. The lowest BCUT2D eigenvalue weighted by molar-refractivity contribution is 0.122. The van der Waals surface area contributed by atoms with Gasteiger partial charge in [-0.3, -0.25) is 0 Å². The molecule has 1 saturated heterocycles. The standard InChI is InChI=1S/C19H18FN3O/c20-15-2-1-3-16(12-15)22-17-5-4-14-6-7-21-19(18(14)13-17)23-8-10-24-11-9-23/h1-7,12-13,22H,8-11H2. The highest BCUT2D eigenvalue weighted by atomic mass is 19.1. The molecule has 24 heavy (non-hydrogen) atoms. The quantitative estimate of drug-likeness (QED) is 0.792. The molecule has 2 aromatic carbocycles. The Kier molecular flexibility index (Phi) is 4.01. The van der Waals surface area contributed by atoms with Crippen LogP contribution in [0.15, 0.2) is 54.7 Å². The second-order valence-electron chi connectivity index (χ2n) is 5.81. The second-order valence-corrected chi connectivity index (χ2v) is 5.81. The van der Waals surface area contributed by atoms with Crippen molar-refractivity contribution in [2.45, 2.75) is 0 Å². The van der Waals surface area contributed by atoms with Crippen LogP contribution in [0.4, 0.5) is 21.6 Å². The summed E-state index contributed by atoms with van der Waals surface area (Å²) in [4.78, 5) is 6.82. The summed E-state index contributed by atoms with van der Waals surface area (Å²) < 4.78 is 18.8. The summed E-state index contributed by atoms with van der Waals surface area (Å²) in [5, 5.41) is 5.48. The number of hydrogen-bond donors (Lipinski definition) is 1. The highest BCUT2D eigenvalue weighted by Gasteiger charge is 2.15. The Morgan fingerprint density at radius 1 is 1.00 bits per heavy atom. The van der Waals surface area contributed by atoms with Crippen molar-refractivity contribution in [3.05, 3.63) is 60.5 Å². The van der Waals surface area contributed by atoms with Crippen molar-refractivity contribution in [3.63, 3.8) is 0 Å². The zero-order valence-corrected chi connectivity index (χ0v) is 13.2. The third-order valence-corrected chi connectivity index (χ3v) is 4.17. The van der Waals surface area contributed by atoms with Gasteiger partial charge in [-0.05, 0) is 41.8 Å². The molecule has 2 heterocycles. The molecule has 1 aliphatic rings. The number of ether oxygens (including phenoxy) is 1. The largest absolute Gasteiger partial charge is 0.378 e. The molecule has 1 aromatic heterocycles. The van der Waals surface area contributed by atoms with E-state index in [0.29, 0.717) is 0 Å². The number of hydrogen-bond acceptors (Lipinski definition) is 4. The van der Waals surface area contributed by atoms with Crippen LogP contribution >= 0.6 is 0 Å². The zero-order valence-electron chi connectivity index (χ0n) is 13.2. The van der Waals surface area contributed by atoms with Gasteiger partial charge in [0.25, 0.3) is 0 Å². The van der Waals surface area contributed by atoms with Crippen LogP contribution in [0.5, 0.6) is 0 Å². The number of nitrogens with zero attached hydrogens (tertiary/aromatic N) is 2. The molecule has 0 atom stereocenters. The maximum atomic E-state index is 13.4. The minimum atomic E-state index is -0.253. The predicted molar refractivity (Wildman–Crippen MR) is 94.5 cm³/mol. The number of aromatic nitrogens is 1. The predicted octanol–water partition coefficient (Wildman–Crippen LogP) is 3.95. The number of halogens is 1. The fourth-order valence-corrected chi connectivity index (χ4v) is 2.99. The van der Waals surface area contributed by atoms with Crippen LogP contribution in [-0.2, 0) is 4.74 Å². The van der Waals surface area contributed by atoms with Crippen molar-refractivity contribution in [2.75, 3.05) is 36.5 Å². The number of anilines is 3. The maximum Gasteiger partial charge on any atom is 0.136 e. The summed E-state index contributed by atoms with van der Waals surface area (Å²) in [5.41, 5.74) is 1.64. The number of fused-ring (bicyclic) bond motifs is 1. The van der Waals surface area contributed by atoms with E-state index in [1.54, 1.807) is 6.07 Å². The lowest BCUT2D eigenvalue weighted by atomic mass is 10.1. The van der Waals surface area contributed by atoms with E-state index in [2.05, 4.69) is 27.3 Å². The van der Waals surface area contributed by atoms with Crippen molar-refractivity contribution >= 4 is 28.0 Å². The number of morpholine rings is 1. The minimum Gasteiger partial charge on any atom is -0.378 e. The Balaban J connectivity index is 1.70. The van der Waals surface area contributed by atoms with Gasteiger partial charge >= 0.3 is 0 Å². The Morgan fingerprint density at radius 3 is 2.67 bits per heavy atom. The van der Waals surface area contributed by atoms with Crippen molar-refractivity contribution in [1.82, 2.24) is 4.98 Å². The number of benzene rings is 2. The Hall–Kier alpha value is -2.66. The third-order valence-electron chi connectivity index (χ3n) is 4.17. The molecule has 5 heteroatoms. The van der Waals surface area contributed by atoms with E-state index in [-0.39, 0.29) is 5.82 Å². The fraction of sp³-hybridized carbons (Fsp3) is 0.211. The summed E-state index contributed by atoms with van der Waals surface area (Å²) >= 11 is 0. The summed E-state index contributed by atoms with van der Waals surface area (Å²) in [6.45, 7) is 3.12. The van der Waals surface area contributed by atoms with Gasteiger partial charge < -0.3 is 15.0 Å². The van der Waals surface area contributed by atoms with Crippen LogP contribution in [0.2, 0.25) is 0 Å². The van der Waals surface area contributed by atoms with E-state index in [4.69, 9.17) is 4.74 Å². The maximum absolute atomic E-state index is 13.4. The molecule has 4 rings (SSSR count). The lowest BCUT2D eigenvalue weighted by Gasteiger charge is -2.28. The smallest absolute Gasteiger partial charge is 0.136 e. The van der Waals surface area contributed by atoms with Crippen molar-refractivity contribution in [3.8, 4) is 0 Å². The molecule has 4 nitrogen and oxygen atoms in total. The summed E-state index contributed by atoms with van der Waals surface area (Å²) in [6.07, 6.45) is 1.84. The van der Waals surface area contributed by atoms with Gasteiger partial charge in [0.1, 0.15) is 11.6 Å². The highest BCUT2D eigenvalue weighted by molar-refractivity contribution is 5.95. The van der Waals surface area contributed by atoms with E-state index in [9.17, 15) is 4.39 Å². The van der Waals surface area contributed by atoms with Gasteiger partial charge in [0.05, 0.1) is 13.2 Å². The van der Waals surface area contributed by atoms with E-state index in [1.165, 1.54) is 12.1 Å². The topological polar surface area (TPSA) is 37.4 Å². The van der Waals surface area contributed by atoms with Gasteiger partial charge in [0.15, 0.2) is 0 Å². The van der Waals surface area contributed by atoms with Crippen LogP contribution in [0.3, 0.4) is 0 Å². The number of rotatable bonds is 3. The van der Waals surface area contributed by atoms with E-state index in [0.717, 1.165) is 54.3 Å². The molecule has 3 aromatic rings. The van der Waals surface area contributed by atoms with Gasteiger partial charge in [0.2, 0.25) is 0 Å². The monoisotopic (exact) mass is 323 g/mol. The molecule has 0 radical (unpaired) electrons. The molecule has 1 N–H and O–H groups in total. The summed E-state index contributed by atoms with van der Waals surface area (Å²) in [6, 6.07) is 14.6. The Morgan fingerprint density at radius 2 is 1.83 bits per heavy atom. The second kappa shape index (κ2) is 6.45. The first-order chi connectivity index (χ1) is 11.8. The molecule has 0 bridgehead atoms. The molecule has 0 spiro atoms. The highest BCUT2D eigenvalue weighted by Crippen LogP contribution is 2.29. The molecule has 122 valence electrons. The Labute approximate surface area is 139 Å². The van der Waals surface area contributed by atoms with Gasteiger partial charge in [-0.15, -0.1) is 0 Å². The minimum absolute atomic E-state index is 0.253. The molecule has 0 aliphatic carbocycles. The van der Waals surface area contributed by atoms with Gasteiger partial charge in [-0.2, -0.15) is 0 Å². The SMILES string of the molecule is Fc1cccc(Nc2ccc3ccnc(N4CCOCC4)c3c2)c1. The molecular formula is C19H18FN3O. The van der Waals surface area contributed by atoms with Gasteiger partial charge in [0, 0.05) is 36.0 Å². The molecule has 0 amide bonds. The van der Waals surface area contributed by atoms with Gasteiger partial charge in [-0.25, -0.2) is 9.37 Å². The summed E-state index contributed by atoms with van der Waals surface area (Å²) in [7, 11) is 0. The first-order valence-corrected chi connectivity index (χ1v) is 8.04. The van der Waals surface area contributed by atoms with E-state index < -0.39 is 0 Å². The average molecular weight is 323 g/mol.